The normalized spacial score (nSPS) is 17.4. The second-order valence-electron chi connectivity index (χ2n) is 12.4. The van der Waals surface area contributed by atoms with E-state index in [1.54, 1.807) is 7.05 Å². The molecule has 0 saturated heterocycles. The van der Waals surface area contributed by atoms with Crippen LogP contribution in [0.5, 0.6) is 0 Å². The predicted octanol–water partition coefficient (Wildman–Crippen LogP) is -8.91. The van der Waals surface area contributed by atoms with Crippen LogP contribution in [0.25, 0.3) is 0 Å². The third-order valence-electron chi connectivity index (χ3n) is 7.52. The molecule has 0 fully saturated rings. The average Bonchev–Trinajstić information content (AvgIpc) is 3.18. The first-order valence-corrected chi connectivity index (χ1v) is 17.7. The fourth-order valence-corrected chi connectivity index (χ4v) is 3.81. The van der Waals surface area contributed by atoms with Crippen LogP contribution in [0, 0.1) is 0 Å². The number of rotatable bonds is 27. The van der Waals surface area contributed by atoms with Crippen molar-refractivity contribution in [1.82, 2.24) is 21.3 Å². The maximum absolute atomic E-state index is 11.5. The van der Waals surface area contributed by atoms with Gasteiger partial charge in [0.2, 0.25) is 0 Å². The third kappa shape index (κ3) is 24.4. The number of amides is 3. The van der Waals surface area contributed by atoms with Gasteiger partial charge in [-0.2, -0.15) is 0 Å². The Balaban J connectivity index is -0.000000771. The molecule has 0 rings (SSSR count). The molecule has 0 saturated carbocycles. The quantitative estimate of drug-likeness (QED) is 0.0342. The summed E-state index contributed by atoms with van der Waals surface area (Å²) < 4.78 is 9.78. The summed E-state index contributed by atoms with van der Waals surface area (Å²) in [5, 5.41) is 122. The van der Waals surface area contributed by atoms with Gasteiger partial charge in [-0.25, -0.2) is 0 Å². The number of ether oxygens (including phenoxy) is 2. The highest BCUT2D eigenvalue weighted by Crippen LogP contribution is 2.08. The molecule has 0 aliphatic heterocycles. The number of methoxy groups -OCH3 is 1. The molecule has 0 aliphatic carbocycles. The Bertz CT molecular complexity index is 1110. The van der Waals surface area contributed by atoms with Gasteiger partial charge in [-0.3, -0.25) is 28.8 Å². The van der Waals surface area contributed by atoms with Crippen molar-refractivity contribution in [1.29, 1.82) is 0 Å². The number of nitrogens with one attached hydrogen (secondary N) is 4. The van der Waals surface area contributed by atoms with Crippen LogP contribution in [0.1, 0.15) is 40.5 Å². The minimum atomic E-state index is -1.98. The predicted molar refractivity (Wildman–Crippen MR) is 195 cm³/mol. The monoisotopic (exact) mass is 836 g/mol. The van der Waals surface area contributed by atoms with Crippen molar-refractivity contribution in [3.63, 3.8) is 0 Å². The molecule has 0 spiro atoms. The maximum Gasteiger partial charge on any atom is 0.251 e. The van der Waals surface area contributed by atoms with E-state index in [4.69, 9.17) is 4.74 Å². The molecule has 0 unspecified atom stereocenters. The third-order valence-corrected chi connectivity index (χ3v) is 7.52. The summed E-state index contributed by atoms with van der Waals surface area (Å²) >= 11 is 0. The van der Waals surface area contributed by atoms with E-state index in [0.29, 0.717) is 26.1 Å². The van der Waals surface area contributed by atoms with Crippen LogP contribution in [0.3, 0.4) is 0 Å². The van der Waals surface area contributed by atoms with E-state index in [1.807, 2.05) is 6.92 Å². The van der Waals surface area contributed by atoms with E-state index >= 15 is 0 Å². The zero-order chi connectivity index (χ0) is 45.0. The Morgan fingerprint density at radius 2 is 0.737 bits per heavy atom. The lowest BCUT2D eigenvalue weighted by atomic mass is 10.0. The summed E-state index contributed by atoms with van der Waals surface area (Å²) in [6.45, 7) is 7.07. The van der Waals surface area contributed by atoms with Crippen LogP contribution in [-0.2, 0) is 38.2 Å². The van der Waals surface area contributed by atoms with Crippen LogP contribution in [0.15, 0.2) is 0 Å². The average molecular weight is 837 g/mol. The van der Waals surface area contributed by atoms with Crippen LogP contribution in [0.2, 0.25) is 0 Å². The topological polar surface area (TPSA) is 412 Å². The Morgan fingerprint density at radius 1 is 0.456 bits per heavy atom. The van der Waals surface area contributed by atoms with Gasteiger partial charge >= 0.3 is 0 Å². The van der Waals surface area contributed by atoms with E-state index in [9.17, 15) is 90.0 Å². The number of unbranched alkanes of at least 4 members (excludes halogenated alkanes) is 1. The highest BCUT2D eigenvalue weighted by atomic mass is 16.5. The first-order valence-electron chi connectivity index (χ1n) is 17.7. The van der Waals surface area contributed by atoms with E-state index in [-0.39, 0.29) is 26.3 Å². The molecule has 57 heavy (non-hydrogen) atoms. The van der Waals surface area contributed by atoms with Crippen molar-refractivity contribution in [3.8, 4) is 0 Å². The molecular formula is C33H64N4O20. The highest BCUT2D eigenvalue weighted by molar-refractivity contribution is 5.84. The summed E-state index contributed by atoms with van der Waals surface area (Å²) in [5.41, 5.74) is 0. The molecule has 0 aromatic carbocycles. The summed E-state index contributed by atoms with van der Waals surface area (Å²) in [5.74, 6) is -5.06. The van der Waals surface area contributed by atoms with Gasteiger partial charge in [0.05, 0.1) is 19.8 Å². The number of Topliss-reactive ketones (excluding diaryl/α,β-unsaturated/α-hetero) is 3. The van der Waals surface area contributed by atoms with Gasteiger partial charge in [0.1, 0.15) is 54.9 Å². The zero-order valence-electron chi connectivity index (χ0n) is 32.9. The Morgan fingerprint density at radius 3 is 1.02 bits per heavy atom. The molecule has 16 N–H and O–H groups in total. The molecule has 0 aromatic rings. The Hall–Kier alpha value is -3.18. The van der Waals surface area contributed by atoms with Crippen molar-refractivity contribution in [3.05, 3.63) is 0 Å². The molecule has 24 heteroatoms. The fraction of sp³-hybridized carbons (Fsp3) is 0.818. The van der Waals surface area contributed by atoms with Crippen molar-refractivity contribution in [2.75, 3.05) is 60.2 Å². The van der Waals surface area contributed by atoms with Gasteiger partial charge in [0.25, 0.3) is 17.7 Å². The largest absolute Gasteiger partial charge is 0.387 e. The summed E-state index contributed by atoms with van der Waals surface area (Å²) in [4.78, 5) is 66.6. The molecule has 0 heterocycles. The lowest BCUT2D eigenvalue weighted by molar-refractivity contribution is -0.153. The first-order chi connectivity index (χ1) is 26.5. The molecule has 3 amide bonds. The van der Waals surface area contributed by atoms with E-state index in [0.717, 1.165) is 27.2 Å². The number of carbonyl (C=O) groups excluding carboxylic acids is 6. The minimum Gasteiger partial charge on any atom is -0.387 e. The van der Waals surface area contributed by atoms with Gasteiger partial charge in [-0.1, -0.05) is 13.3 Å². The summed E-state index contributed by atoms with van der Waals surface area (Å²) in [6.07, 6.45) is -21.5. The molecule has 0 aliphatic rings. The molecule has 0 aromatic heterocycles. The second-order valence-corrected chi connectivity index (χ2v) is 12.4. The number of likely N-dealkylation sites (N-methyl/N-ethyl adjacent to an activating group) is 1. The molecular weight excluding hydrogens is 772 g/mol. The molecule has 24 nitrogen and oxygen atoms in total. The number of carbonyl (C=O) groups is 6. The smallest absolute Gasteiger partial charge is 0.251 e. The SMILES string of the molecule is CCCCNC(=O)[C@@H](O)[C@H](O)[C@H](O)[C@@H](O)C(C)=O.CNCCOCCNC(=O)[C@@H](O)[C@H](O)[C@H](O)[C@@H](O)C(C)=O.COCCNC(=O)[C@@H](O)[C@H](O)[C@H](O)[C@@H](O)C(C)=O. The van der Waals surface area contributed by atoms with Crippen molar-refractivity contribution < 1.29 is 99.5 Å². The van der Waals surface area contributed by atoms with Crippen molar-refractivity contribution in [2.45, 2.75) is 114 Å². The van der Waals surface area contributed by atoms with E-state index < -0.39 is 108 Å². The van der Waals surface area contributed by atoms with Gasteiger partial charge in [0, 0.05) is 33.3 Å². The molecule has 0 radical (unpaired) electrons. The van der Waals surface area contributed by atoms with Crippen molar-refractivity contribution >= 4 is 35.1 Å². The van der Waals surface area contributed by atoms with Crippen LogP contribution >= 0.6 is 0 Å². The van der Waals surface area contributed by atoms with Gasteiger partial charge < -0.3 is 92.0 Å². The van der Waals surface area contributed by atoms with Crippen LogP contribution in [-0.4, -0.2) is 230 Å². The minimum absolute atomic E-state index is 0.109. The standard InChI is InChI=1S/C12H24N2O7.C11H21NO6.C10H19NO7/c1-7(15)8(16)9(17)10(18)11(19)12(20)14-4-6-21-5-3-13-2;1-3-4-5-12-11(18)10(17)9(16)8(15)7(14)6(2)13;1-5(12)6(13)7(14)8(15)9(16)10(17)11-3-4-18-2/h8-11,13,16-19H,3-6H2,1-2H3,(H,14,20);7-10,14-17H,3-5H2,1-2H3,(H,12,18);6-9,13-16H,3-4H2,1-2H3,(H,11,17)/t8-,9+,10+,11-;7-,8+,9+,10-;6-,7+,8+,9-/m000/s1. The molecule has 0 bridgehead atoms. The van der Waals surface area contributed by atoms with E-state index in [1.165, 1.54) is 7.11 Å². The summed E-state index contributed by atoms with van der Waals surface area (Å²) in [7, 11) is 3.19. The number of aliphatic hydroxyl groups is 12. The molecule has 12 atom stereocenters. The van der Waals surface area contributed by atoms with Crippen LogP contribution < -0.4 is 21.3 Å². The number of ketones is 3. The number of aliphatic hydroxyl groups excluding tert-OH is 12. The maximum atomic E-state index is 11.5. The van der Waals surface area contributed by atoms with E-state index in [2.05, 4.69) is 26.0 Å². The lowest BCUT2D eigenvalue weighted by Crippen LogP contribution is -2.52. The fourth-order valence-electron chi connectivity index (χ4n) is 3.81. The van der Waals surface area contributed by atoms with Gasteiger partial charge in [-0.05, 0) is 34.2 Å². The number of hydrogen-bond donors (Lipinski definition) is 16. The lowest BCUT2D eigenvalue weighted by Gasteiger charge is -2.24. The second kappa shape index (κ2) is 32.7. The summed E-state index contributed by atoms with van der Waals surface area (Å²) in [6, 6.07) is 0. The van der Waals surface area contributed by atoms with Crippen molar-refractivity contribution in [2.24, 2.45) is 0 Å². The Labute approximate surface area is 329 Å². The highest BCUT2D eigenvalue weighted by Gasteiger charge is 2.38. The zero-order valence-corrected chi connectivity index (χ0v) is 32.9. The first kappa shape index (κ1) is 58.1. The molecule has 336 valence electrons. The Kier molecular flexibility index (Phi) is 33.4. The van der Waals surface area contributed by atoms with Gasteiger partial charge in [-0.15, -0.1) is 0 Å². The van der Waals surface area contributed by atoms with Crippen LogP contribution in [0.4, 0.5) is 0 Å². The number of hydrogen-bond acceptors (Lipinski definition) is 21. The van der Waals surface area contributed by atoms with Gasteiger partial charge in [0.15, 0.2) is 35.7 Å².